The smallest absolute Gasteiger partial charge is 0.357 e. The molecule has 0 amide bonds. The van der Waals surface area contributed by atoms with Crippen molar-refractivity contribution in [2.45, 2.75) is 19.4 Å². The van der Waals surface area contributed by atoms with E-state index in [1.807, 2.05) is 30.3 Å². The van der Waals surface area contributed by atoms with E-state index in [-0.39, 0.29) is 16.9 Å². The number of fused-ring (bicyclic) bond motifs is 1. The highest BCUT2D eigenvalue weighted by molar-refractivity contribution is 5.95. The summed E-state index contributed by atoms with van der Waals surface area (Å²) in [5, 5.41) is 9.30. The number of methoxy groups -OCH3 is 3. The zero-order chi connectivity index (χ0) is 24.2. The van der Waals surface area contributed by atoms with Crippen LogP contribution >= 0.6 is 0 Å². The molecule has 1 aromatic heterocycles. The van der Waals surface area contributed by atoms with Gasteiger partial charge in [0.2, 0.25) is 0 Å². The molecule has 0 saturated heterocycles. The maximum atomic E-state index is 12.2. The van der Waals surface area contributed by atoms with Gasteiger partial charge in [0.15, 0.2) is 17.2 Å². The standard InChI is InChI=1S/C26H28N4O4/c1-32-22-12-18-9-11-29(15-19(18)13-23(22)33-2)10-8-17-4-6-21(7-5-17)30-16-20(14-27)24(28)25(30)26(31)34-3/h4-7,12-13,16H,8-11,15,28H2,1-3H3. The number of carbonyl (C=O) groups excluding carboxylic acids is 1. The van der Waals surface area contributed by atoms with Gasteiger partial charge >= 0.3 is 5.97 Å². The topological polar surface area (TPSA) is 103 Å². The average molecular weight is 461 g/mol. The van der Waals surface area contributed by atoms with E-state index < -0.39 is 5.97 Å². The third-order valence-corrected chi connectivity index (χ3v) is 6.27. The minimum atomic E-state index is -0.581. The van der Waals surface area contributed by atoms with Gasteiger partial charge in [-0.1, -0.05) is 12.1 Å². The van der Waals surface area contributed by atoms with Crippen molar-refractivity contribution in [3.8, 4) is 23.3 Å². The highest BCUT2D eigenvalue weighted by Crippen LogP contribution is 2.33. The molecule has 176 valence electrons. The predicted octanol–water partition coefficient (Wildman–Crippen LogP) is 3.34. The molecule has 0 bridgehead atoms. The number of esters is 1. The van der Waals surface area contributed by atoms with Crippen LogP contribution in [0.4, 0.5) is 5.69 Å². The Morgan fingerprint density at radius 2 is 1.76 bits per heavy atom. The van der Waals surface area contributed by atoms with Crippen molar-refractivity contribution >= 4 is 11.7 Å². The van der Waals surface area contributed by atoms with Crippen molar-refractivity contribution in [2.24, 2.45) is 0 Å². The molecule has 0 spiro atoms. The van der Waals surface area contributed by atoms with E-state index in [9.17, 15) is 10.1 Å². The molecule has 2 aromatic carbocycles. The predicted molar refractivity (Wildman–Crippen MR) is 128 cm³/mol. The zero-order valence-corrected chi connectivity index (χ0v) is 19.6. The van der Waals surface area contributed by atoms with Gasteiger partial charge in [-0.15, -0.1) is 0 Å². The van der Waals surface area contributed by atoms with Crippen LogP contribution in [0.5, 0.6) is 11.5 Å². The van der Waals surface area contributed by atoms with Crippen LogP contribution in [0.3, 0.4) is 0 Å². The van der Waals surface area contributed by atoms with Crippen LogP contribution in [-0.4, -0.2) is 49.9 Å². The van der Waals surface area contributed by atoms with Crippen molar-refractivity contribution in [2.75, 3.05) is 40.2 Å². The lowest BCUT2D eigenvalue weighted by molar-refractivity contribution is 0.0593. The summed E-state index contributed by atoms with van der Waals surface area (Å²) in [7, 11) is 4.61. The fraction of sp³-hybridized carbons (Fsp3) is 0.308. The molecule has 3 aromatic rings. The monoisotopic (exact) mass is 460 g/mol. The number of carbonyl (C=O) groups is 1. The molecule has 8 heteroatoms. The molecule has 1 aliphatic rings. The molecule has 2 N–H and O–H groups in total. The third-order valence-electron chi connectivity index (χ3n) is 6.27. The fourth-order valence-electron chi connectivity index (χ4n) is 4.36. The van der Waals surface area contributed by atoms with Crippen molar-refractivity contribution in [3.05, 3.63) is 70.5 Å². The first-order chi connectivity index (χ1) is 16.5. The zero-order valence-electron chi connectivity index (χ0n) is 19.6. The summed E-state index contributed by atoms with van der Waals surface area (Å²) in [6, 6.07) is 14.1. The van der Waals surface area contributed by atoms with E-state index in [0.717, 1.165) is 49.7 Å². The first-order valence-electron chi connectivity index (χ1n) is 11.0. The number of ether oxygens (including phenoxy) is 3. The number of nitrogens with two attached hydrogens (primary N) is 1. The molecule has 0 radical (unpaired) electrons. The third kappa shape index (κ3) is 4.43. The number of rotatable bonds is 7. The number of nitrogens with zero attached hydrogens (tertiary/aromatic N) is 3. The van der Waals surface area contributed by atoms with Gasteiger partial charge in [0, 0.05) is 31.5 Å². The van der Waals surface area contributed by atoms with Crippen molar-refractivity contribution < 1.29 is 19.0 Å². The van der Waals surface area contributed by atoms with Gasteiger partial charge < -0.3 is 24.5 Å². The molecular formula is C26H28N4O4. The summed E-state index contributed by atoms with van der Waals surface area (Å²) in [5.41, 5.74) is 11.0. The molecule has 0 saturated carbocycles. The Balaban J connectivity index is 1.45. The first kappa shape index (κ1) is 23.2. The Morgan fingerprint density at radius 3 is 2.38 bits per heavy atom. The quantitative estimate of drug-likeness (QED) is 0.540. The summed E-state index contributed by atoms with van der Waals surface area (Å²) in [6.07, 6.45) is 3.43. The molecule has 34 heavy (non-hydrogen) atoms. The molecule has 8 nitrogen and oxygen atoms in total. The Labute approximate surface area is 199 Å². The van der Waals surface area contributed by atoms with E-state index in [1.54, 1.807) is 25.0 Å². The maximum absolute atomic E-state index is 12.2. The average Bonchev–Trinajstić information content (AvgIpc) is 3.22. The molecule has 2 heterocycles. The second-order valence-corrected chi connectivity index (χ2v) is 8.20. The van der Waals surface area contributed by atoms with Gasteiger partial charge in [0.05, 0.1) is 32.6 Å². The lowest BCUT2D eigenvalue weighted by Gasteiger charge is -2.29. The number of benzene rings is 2. The van der Waals surface area contributed by atoms with Crippen LogP contribution in [0.2, 0.25) is 0 Å². The van der Waals surface area contributed by atoms with Crippen LogP contribution in [-0.2, 0) is 24.1 Å². The molecule has 1 aliphatic heterocycles. The van der Waals surface area contributed by atoms with Crippen LogP contribution in [0.25, 0.3) is 5.69 Å². The summed E-state index contributed by atoms with van der Waals surface area (Å²) in [5.74, 6) is 0.953. The second kappa shape index (κ2) is 9.89. The van der Waals surface area contributed by atoms with E-state index in [2.05, 4.69) is 17.0 Å². The maximum Gasteiger partial charge on any atom is 0.357 e. The molecule has 0 atom stereocenters. The van der Waals surface area contributed by atoms with Gasteiger partial charge in [0.1, 0.15) is 6.07 Å². The summed E-state index contributed by atoms with van der Waals surface area (Å²) >= 11 is 0. The second-order valence-electron chi connectivity index (χ2n) is 8.20. The van der Waals surface area contributed by atoms with Gasteiger partial charge in [-0.3, -0.25) is 4.90 Å². The van der Waals surface area contributed by atoms with E-state index in [0.29, 0.717) is 0 Å². The van der Waals surface area contributed by atoms with Crippen molar-refractivity contribution in [3.63, 3.8) is 0 Å². The molecule has 0 aliphatic carbocycles. The number of hydrogen-bond donors (Lipinski definition) is 1. The van der Waals surface area contributed by atoms with Crippen molar-refractivity contribution in [1.29, 1.82) is 5.26 Å². The van der Waals surface area contributed by atoms with E-state index in [1.165, 1.54) is 23.8 Å². The number of nitriles is 1. The lowest BCUT2D eigenvalue weighted by Crippen LogP contribution is -2.32. The van der Waals surface area contributed by atoms with Crippen LogP contribution in [0, 0.1) is 11.3 Å². The van der Waals surface area contributed by atoms with Crippen LogP contribution in [0.1, 0.15) is 32.7 Å². The highest BCUT2D eigenvalue weighted by atomic mass is 16.5. The highest BCUT2D eigenvalue weighted by Gasteiger charge is 2.22. The van der Waals surface area contributed by atoms with Gasteiger partial charge in [-0.25, -0.2) is 4.79 Å². The van der Waals surface area contributed by atoms with Gasteiger partial charge in [-0.05, 0) is 53.8 Å². The minimum Gasteiger partial charge on any atom is -0.493 e. The van der Waals surface area contributed by atoms with E-state index in [4.69, 9.17) is 19.9 Å². The first-order valence-corrected chi connectivity index (χ1v) is 11.0. The molecule has 0 fully saturated rings. The number of hydrogen-bond acceptors (Lipinski definition) is 7. The van der Waals surface area contributed by atoms with Gasteiger partial charge in [-0.2, -0.15) is 5.26 Å². The lowest BCUT2D eigenvalue weighted by atomic mass is 9.98. The largest absolute Gasteiger partial charge is 0.493 e. The van der Waals surface area contributed by atoms with Gasteiger partial charge in [0.25, 0.3) is 0 Å². The SMILES string of the molecule is COC(=O)c1c(N)c(C#N)cn1-c1ccc(CCN2CCc3cc(OC)c(OC)cc3C2)cc1. The summed E-state index contributed by atoms with van der Waals surface area (Å²) in [6.45, 7) is 2.79. The number of anilines is 1. The Morgan fingerprint density at radius 1 is 1.09 bits per heavy atom. The molecular weight excluding hydrogens is 432 g/mol. The summed E-state index contributed by atoms with van der Waals surface area (Å²) in [4.78, 5) is 14.6. The van der Waals surface area contributed by atoms with Crippen LogP contribution < -0.4 is 15.2 Å². The number of aromatic nitrogens is 1. The number of nitrogen functional groups attached to an aromatic ring is 1. The van der Waals surface area contributed by atoms with Crippen molar-refractivity contribution in [1.82, 2.24) is 9.47 Å². The molecule has 4 rings (SSSR count). The normalized spacial score (nSPS) is 13.1. The Bertz CT molecular complexity index is 1240. The molecule has 0 unspecified atom stereocenters. The summed E-state index contributed by atoms with van der Waals surface area (Å²) < 4.78 is 17.3. The Kier molecular flexibility index (Phi) is 6.75. The fourth-order valence-corrected chi connectivity index (χ4v) is 4.36. The van der Waals surface area contributed by atoms with E-state index >= 15 is 0 Å². The Hall–Kier alpha value is -3.96. The van der Waals surface area contributed by atoms with Crippen LogP contribution in [0.15, 0.2) is 42.6 Å². The minimum absolute atomic E-state index is 0.123.